The van der Waals surface area contributed by atoms with Gasteiger partial charge in [0.25, 0.3) is 0 Å². The van der Waals surface area contributed by atoms with E-state index in [-0.39, 0.29) is 17.9 Å². The maximum absolute atomic E-state index is 11.7. The summed E-state index contributed by atoms with van der Waals surface area (Å²) in [6.07, 6.45) is 1.00. The van der Waals surface area contributed by atoms with Gasteiger partial charge in [0.1, 0.15) is 0 Å². The van der Waals surface area contributed by atoms with E-state index in [9.17, 15) is 9.59 Å². The monoisotopic (exact) mass is 239 g/mol. The molecular formula is C10H13N3O2S. The molecule has 0 aromatic carbocycles. The van der Waals surface area contributed by atoms with Crippen LogP contribution in [-0.4, -0.2) is 34.8 Å². The Bertz CT molecular complexity index is 391. The maximum atomic E-state index is 11.7. The van der Waals surface area contributed by atoms with E-state index in [1.807, 2.05) is 5.38 Å². The number of nitrogens with zero attached hydrogens (tertiary/aromatic N) is 2. The highest BCUT2D eigenvalue weighted by molar-refractivity contribution is 7.07. The molecule has 1 saturated heterocycles. The van der Waals surface area contributed by atoms with Crippen LogP contribution in [0.5, 0.6) is 0 Å². The van der Waals surface area contributed by atoms with Crippen LogP contribution in [0.15, 0.2) is 10.9 Å². The van der Waals surface area contributed by atoms with E-state index in [0.717, 1.165) is 5.69 Å². The SMILES string of the molecule is CN1C(=O)CCC(NCc2cscn2)C1=O. The number of piperidine rings is 1. The fourth-order valence-electron chi connectivity index (χ4n) is 1.66. The Hall–Kier alpha value is -1.27. The summed E-state index contributed by atoms with van der Waals surface area (Å²) in [5.41, 5.74) is 2.69. The van der Waals surface area contributed by atoms with Crippen LogP contribution in [0, 0.1) is 0 Å². The minimum Gasteiger partial charge on any atom is -0.300 e. The van der Waals surface area contributed by atoms with Gasteiger partial charge in [-0.25, -0.2) is 4.98 Å². The summed E-state index contributed by atoms with van der Waals surface area (Å²) in [7, 11) is 1.53. The molecule has 5 nitrogen and oxygen atoms in total. The van der Waals surface area contributed by atoms with Crippen molar-refractivity contribution >= 4 is 23.2 Å². The molecule has 0 spiro atoms. The topological polar surface area (TPSA) is 62.3 Å². The number of likely N-dealkylation sites (tertiary alicyclic amines) is 1. The van der Waals surface area contributed by atoms with Gasteiger partial charge in [-0.05, 0) is 6.42 Å². The molecule has 1 atom stereocenters. The number of amides is 2. The Kier molecular flexibility index (Phi) is 3.31. The number of aromatic nitrogens is 1. The second-order valence-corrected chi connectivity index (χ2v) is 4.46. The quantitative estimate of drug-likeness (QED) is 0.775. The molecule has 0 saturated carbocycles. The molecular weight excluding hydrogens is 226 g/mol. The molecule has 1 aromatic rings. The summed E-state index contributed by atoms with van der Waals surface area (Å²) in [4.78, 5) is 28.3. The zero-order valence-electron chi connectivity index (χ0n) is 8.97. The van der Waals surface area contributed by atoms with Gasteiger partial charge in [0.15, 0.2) is 0 Å². The van der Waals surface area contributed by atoms with Gasteiger partial charge >= 0.3 is 0 Å². The molecule has 1 unspecified atom stereocenters. The molecule has 1 aliphatic rings. The van der Waals surface area contributed by atoms with Gasteiger partial charge in [0, 0.05) is 25.4 Å². The predicted molar refractivity (Wildman–Crippen MR) is 59.8 cm³/mol. The molecule has 2 amide bonds. The predicted octanol–water partition coefficient (Wildman–Crippen LogP) is 0.380. The van der Waals surface area contributed by atoms with Crippen molar-refractivity contribution in [3.8, 4) is 0 Å². The zero-order valence-corrected chi connectivity index (χ0v) is 9.79. The van der Waals surface area contributed by atoms with Gasteiger partial charge in [-0.15, -0.1) is 11.3 Å². The van der Waals surface area contributed by atoms with Crippen molar-refractivity contribution in [1.29, 1.82) is 0 Å². The summed E-state index contributed by atoms with van der Waals surface area (Å²) < 4.78 is 0. The number of thiazole rings is 1. The standard InChI is InChI=1S/C10H13N3O2S/c1-13-9(14)3-2-8(10(13)15)11-4-7-5-16-6-12-7/h5-6,8,11H,2-4H2,1H3. The van der Waals surface area contributed by atoms with E-state index in [0.29, 0.717) is 19.4 Å². The summed E-state index contributed by atoms with van der Waals surface area (Å²) in [6.45, 7) is 0.571. The van der Waals surface area contributed by atoms with E-state index in [4.69, 9.17) is 0 Å². The molecule has 1 aliphatic heterocycles. The Morgan fingerprint density at radius 1 is 1.62 bits per heavy atom. The van der Waals surface area contributed by atoms with Crippen molar-refractivity contribution < 1.29 is 9.59 Å². The number of carbonyl (C=O) groups is 2. The van der Waals surface area contributed by atoms with Crippen LogP contribution in [0.1, 0.15) is 18.5 Å². The van der Waals surface area contributed by atoms with Gasteiger partial charge in [0.05, 0.1) is 17.2 Å². The largest absolute Gasteiger partial charge is 0.300 e. The first-order chi connectivity index (χ1) is 7.68. The maximum Gasteiger partial charge on any atom is 0.246 e. The highest BCUT2D eigenvalue weighted by Crippen LogP contribution is 2.12. The van der Waals surface area contributed by atoms with E-state index in [2.05, 4.69) is 10.3 Å². The van der Waals surface area contributed by atoms with Gasteiger partial charge in [-0.2, -0.15) is 0 Å². The lowest BCUT2D eigenvalue weighted by atomic mass is 10.0. The minimum absolute atomic E-state index is 0.100. The van der Waals surface area contributed by atoms with E-state index >= 15 is 0 Å². The Balaban J connectivity index is 1.91. The lowest BCUT2D eigenvalue weighted by Crippen LogP contribution is -2.51. The first-order valence-corrected chi connectivity index (χ1v) is 6.03. The lowest BCUT2D eigenvalue weighted by Gasteiger charge is -2.28. The molecule has 0 radical (unpaired) electrons. The van der Waals surface area contributed by atoms with Gasteiger partial charge in [0.2, 0.25) is 11.8 Å². The van der Waals surface area contributed by atoms with Gasteiger partial charge in [-0.3, -0.25) is 14.5 Å². The van der Waals surface area contributed by atoms with Crippen LogP contribution in [0.4, 0.5) is 0 Å². The second-order valence-electron chi connectivity index (χ2n) is 3.74. The number of likely N-dealkylation sites (N-methyl/N-ethyl adjacent to an activating group) is 1. The molecule has 0 bridgehead atoms. The van der Waals surface area contributed by atoms with Crippen molar-refractivity contribution in [2.45, 2.75) is 25.4 Å². The second kappa shape index (κ2) is 4.71. The van der Waals surface area contributed by atoms with Crippen molar-refractivity contribution in [3.63, 3.8) is 0 Å². The first kappa shape index (κ1) is 11.2. The van der Waals surface area contributed by atoms with Crippen LogP contribution < -0.4 is 5.32 Å². The van der Waals surface area contributed by atoms with Crippen LogP contribution >= 0.6 is 11.3 Å². The lowest BCUT2D eigenvalue weighted by molar-refractivity contribution is -0.148. The van der Waals surface area contributed by atoms with Crippen molar-refractivity contribution in [2.24, 2.45) is 0 Å². The summed E-state index contributed by atoms with van der Waals surface area (Å²) in [5, 5.41) is 5.07. The normalized spacial score (nSPS) is 21.6. The van der Waals surface area contributed by atoms with Crippen LogP contribution in [0.2, 0.25) is 0 Å². The number of hydrogen-bond acceptors (Lipinski definition) is 5. The average Bonchev–Trinajstić information content (AvgIpc) is 2.78. The smallest absolute Gasteiger partial charge is 0.246 e. The number of carbonyl (C=O) groups excluding carboxylic acids is 2. The number of nitrogens with one attached hydrogen (secondary N) is 1. The Morgan fingerprint density at radius 2 is 2.44 bits per heavy atom. The highest BCUT2D eigenvalue weighted by atomic mass is 32.1. The zero-order chi connectivity index (χ0) is 11.5. The molecule has 1 N–H and O–H groups in total. The van der Waals surface area contributed by atoms with Gasteiger partial charge in [-0.1, -0.05) is 0 Å². The fourth-order valence-corrected chi connectivity index (χ4v) is 2.22. The number of imide groups is 1. The van der Waals surface area contributed by atoms with Crippen LogP contribution in [0.25, 0.3) is 0 Å². The molecule has 2 heterocycles. The Labute approximate surface area is 97.5 Å². The van der Waals surface area contributed by atoms with Crippen LogP contribution in [0.3, 0.4) is 0 Å². The Morgan fingerprint density at radius 3 is 3.12 bits per heavy atom. The third kappa shape index (κ3) is 2.28. The van der Waals surface area contributed by atoms with Crippen molar-refractivity contribution in [3.05, 3.63) is 16.6 Å². The summed E-state index contributed by atoms with van der Waals surface area (Å²) in [5.74, 6) is -0.247. The molecule has 1 aromatic heterocycles. The molecule has 6 heteroatoms. The highest BCUT2D eigenvalue weighted by Gasteiger charge is 2.31. The first-order valence-electron chi connectivity index (χ1n) is 5.09. The number of rotatable bonds is 3. The van der Waals surface area contributed by atoms with E-state index in [1.54, 1.807) is 5.51 Å². The molecule has 2 rings (SSSR count). The average molecular weight is 239 g/mol. The van der Waals surface area contributed by atoms with Gasteiger partial charge < -0.3 is 5.32 Å². The third-order valence-corrected chi connectivity index (χ3v) is 3.30. The molecule has 16 heavy (non-hydrogen) atoms. The number of hydrogen-bond donors (Lipinski definition) is 1. The van der Waals surface area contributed by atoms with Crippen LogP contribution in [-0.2, 0) is 16.1 Å². The minimum atomic E-state index is -0.260. The third-order valence-electron chi connectivity index (χ3n) is 2.66. The molecule has 1 fully saturated rings. The summed E-state index contributed by atoms with van der Waals surface area (Å²) >= 11 is 1.53. The fraction of sp³-hybridized carbons (Fsp3) is 0.500. The molecule has 0 aliphatic carbocycles. The van der Waals surface area contributed by atoms with Crippen molar-refractivity contribution in [2.75, 3.05) is 7.05 Å². The summed E-state index contributed by atoms with van der Waals surface area (Å²) in [6, 6.07) is -0.260. The van der Waals surface area contributed by atoms with E-state index < -0.39 is 0 Å². The molecule has 86 valence electrons. The van der Waals surface area contributed by atoms with Crippen molar-refractivity contribution in [1.82, 2.24) is 15.2 Å². The van der Waals surface area contributed by atoms with E-state index in [1.165, 1.54) is 23.3 Å².